The molecule has 1 atom stereocenters. The Labute approximate surface area is 115 Å². The molecular formula is C12H20F3NO4. The molecule has 0 radical (unpaired) electrons. The molecule has 0 aliphatic carbocycles. The second-order valence-corrected chi connectivity index (χ2v) is 5.04. The predicted octanol–water partition coefficient (Wildman–Crippen LogP) is 2.35. The first-order chi connectivity index (χ1) is 8.91. The second kappa shape index (κ2) is 6.83. The fourth-order valence-corrected chi connectivity index (χ4v) is 1.03. The van der Waals surface area contributed by atoms with E-state index in [1.165, 1.54) is 0 Å². The fraction of sp³-hybridized carbons (Fsp3) is 0.750. The van der Waals surface area contributed by atoms with Crippen molar-refractivity contribution in [3.8, 4) is 0 Å². The standard InChI is InChI=1S/C12H20F3NO4/c1-5-19-7-6-11(18,12(13,14)15)8-16-9(17)20-10(2,3)4/h6-7,18H,5,8H2,1-4H3,(H,16,17)/b7-6+. The summed E-state index contributed by atoms with van der Waals surface area (Å²) in [5, 5.41) is 11.4. The maximum Gasteiger partial charge on any atom is 0.422 e. The van der Waals surface area contributed by atoms with Crippen LogP contribution in [0.4, 0.5) is 18.0 Å². The number of alkyl carbamates (subject to hydrolysis) is 1. The number of hydrogen-bond acceptors (Lipinski definition) is 4. The Kier molecular flexibility index (Phi) is 6.33. The lowest BCUT2D eigenvalue weighted by atomic mass is 10.0. The average molecular weight is 299 g/mol. The zero-order valence-electron chi connectivity index (χ0n) is 11.9. The van der Waals surface area contributed by atoms with Gasteiger partial charge in [0.05, 0.1) is 19.4 Å². The molecule has 0 heterocycles. The Bertz CT molecular complexity index is 350. The normalized spacial score (nSPS) is 15.8. The average Bonchev–Trinajstić information content (AvgIpc) is 2.23. The molecule has 0 fully saturated rings. The van der Waals surface area contributed by atoms with E-state index in [2.05, 4.69) is 4.74 Å². The molecule has 0 rings (SSSR count). The van der Waals surface area contributed by atoms with Gasteiger partial charge in [-0.3, -0.25) is 0 Å². The molecule has 0 aromatic carbocycles. The molecule has 0 saturated heterocycles. The summed E-state index contributed by atoms with van der Waals surface area (Å²) in [5.74, 6) is 0. The number of hydrogen-bond donors (Lipinski definition) is 2. The number of alkyl halides is 3. The van der Waals surface area contributed by atoms with Crippen LogP contribution in [0.2, 0.25) is 0 Å². The van der Waals surface area contributed by atoms with Crippen molar-refractivity contribution in [1.82, 2.24) is 5.32 Å². The smallest absolute Gasteiger partial charge is 0.422 e. The first kappa shape index (κ1) is 18.6. The van der Waals surface area contributed by atoms with Crippen molar-refractivity contribution in [3.05, 3.63) is 12.3 Å². The van der Waals surface area contributed by atoms with E-state index < -0.39 is 30.0 Å². The summed E-state index contributed by atoms with van der Waals surface area (Å²) in [6.07, 6.45) is -4.83. The van der Waals surface area contributed by atoms with Gasteiger partial charge in [0.25, 0.3) is 0 Å². The van der Waals surface area contributed by atoms with E-state index in [-0.39, 0.29) is 6.61 Å². The first-order valence-corrected chi connectivity index (χ1v) is 5.96. The molecule has 0 spiro atoms. The van der Waals surface area contributed by atoms with Crippen molar-refractivity contribution in [2.45, 2.75) is 45.1 Å². The van der Waals surface area contributed by atoms with Crippen molar-refractivity contribution < 1.29 is 32.5 Å². The van der Waals surface area contributed by atoms with Crippen LogP contribution in [-0.2, 0) is 9.47 Å². The minimum atomic E-state index is -4.96. The maximum absolute atomic E-state index is 12.8. The van der Waals surface area contributed by atoms with E-state index in [1.54, 1.807) is 27.7 Å². The number of amides is 1. The molecule has 0 aliphatic heterocycles. The third kappa shape index (κ3) is 6.65. The molecular weight excluding hydrogens is 279 g/mol. The van der Waals surface area contributed by atoms with E-state index >= 15 is 0 Å². The van der Waals surface area contributed by atoms with Crippen LogP contribution in [0.3, 0.4) is 0 Å². The number of nitrogens with one attached hydrogen (secondary N) is 1. The lowest BCUT2D eigenvalue weighted by Crippen LogP contribution is -2.52. The predicted molar refractivity (Wildman–Crippen MR) is 66.0 cm³/mol. The highest BCUT2D eigenvalue weighted by Gasteiger charge is 2.52. The van der Waals surface area contributed by atoms with Gasteiger partial charge in [0, 0.05) is 0 Å². The number of halogens is 3. The van der Waals surface area contributed by atoms with Crippen molar-refractivity contribution in [1.29, 1.82) is 0 Å². The molecule has 8 heteroatoms. The Hall–Kier alpha value is -1.44. The van der Waals surface area contributed by atoms with E-state index in [9.17, 15) is 23.1 Å². The van der Waals surface area contributed by atoms with Gasteiger partial charge in [-0.1, -0.05) is 0 Å². The summed E-state index contributed by atoms with van der Waals surface area (Å²) < 4.78 is 47.7. The molecule has 2 N–H and O–H groups in total. The first-order valence-electron chi connectivity index (χ1n) is 5.96. The van der Waals surface area contributed by atoms with Gasteiger partial charge < -0.3 is 19.9 Å². The molecule has 0 aromatic rings. The molecule has 20 heavy (non-hydrogen) atoms. The largest absolute Gasteiger partial charge is 0.502 e. The molecule has 1 unspecified atom stereocenters. The third-order valence-electron chi connectivity index (χ3n) is 2.00. The lowest BCUT2D eigenvalue weighted by molar-refractivity contribution is -0.237. The zero-order valence-corrected chi connectivity index (χ0v) is 11.9. The van der Waals surface area contributed by atoms with Crippen LogP contribution in [0, 0.1) is 0 Å². The number of aliphatic hydroxyl groups is 1. The van der Waals surface area contributed by atoms with Gasteiger partial charge in [-0.25, -0.2) is 4.79 Å². The van der Waals surface area contributed by atoms with Crippen LogP contribution < -0.4 is 5.32 Å². The Morgan fingerprint density at radius 3 is 2.25 bits per heavy atom. The van der Waals surface area contributed by atoms with Crippen molar-refractivity contribution in [2.75, 3.05) is 13.2 Å². The van der Waals surface area contributed by atoms with Gasteiger partial charge >= 0.3 is 12.3 Å². The Morgan fingerprint density at radius 1 is 1.30 bits per heavy atom. The third-order valence-corrected chi connectivity index (χ3v) is 2.00. The Morgan fingerprint density at radius 2 is 1.85 bits per heavy atom. The molecule has 5 nitrogen and oxygen atoms in total. The molecule has 0 bridgehead atoms. The van der Waals surface area contributed by atoms with E-state index in [4.69, 9.17) is 4.74 Å². The van der Waals surface area contributed by atoms with Crippen LogP contribution >= 0.6 is 0 Å². The van der Waals surface area contributed by atoms with Gasteiger partial charge in [0.1, 0.15) is 5.60 Å². The van der Waals surface area contributed by atoms with Crippen LogP contribution in [0.25, 0.3) is 0 Å². The monoisotopic (exact) mass is 299 g/mol. The summed E-state index contributed by atoms with van der Waals surface area (Å²) in [6.45, 7) is 5.36. The molecule has 1 amide bonds. The van der Waals surface area contributed by atoms with Gasteiger partial charge in [0.2, 0.25) is 0 Å². The van der Waals surface area contributed by atoms with Crippen LogP contribution in [0.5, 0.6) is 0 Å². The lowest BCUT2D eigenvalue weighted by Gasteiger charge is -2.28. The number of ether oxygens (including phenoxy) is 2. The fourth-order valence-electron chi connectivity index (χ4n) is 1.03. The SMILES string of the molecule is CCO/C=C/C(O)(CNC(=O)OC(C)(C)C)C(F)(F)F. The summed E-state index contributed by atoms with van der Waals surface area (Å²) in [5.41, 5.74) is -4.07. The van der Waals surface area contributed by atoms with Crippen LogP contribution in [0.1, 0.15) is 27.7 Å². The van der Waals surface area contributed by atoms with Gasteiger partial charge in [0.15, 0.2) is 5.60 Å². The summed E-state index contributed by atoms with van der Waals surface area (Å²) in [6, 6.07) is 0. The van der Waals surface area contributed by atoms with Gasteiger partial charge in [-0.05, 0) is 33.8 Å². The van der Waals surface area contributed by atoms with Crippen LogP contribution in [0.15, 0.2) is 12.3 Å². The van der Waals surface area contributed by atoms with Gasteiger partial charge in [-0.15, -0.1) is 0 Å². The highest BCUT2D eigenvalue weighted by Crippen LogP contribution is 2.31. The highest BCUT2D eigenvalue weighted by molar-refractivity contribution is 5.67. The van der Waals surface area contributed by atoms with Crippen molar-refractivity contribution in [2.24, 2.45) is 0 Å². The zero-order chi connectivity index (χ0) is 16.0. The molecule has 118 valence electrons. The summed E-state index contributed by atoms with van der Waals surface area (Å²) in [7, 11) is 0. The maximum atomic E-state index is 12.8. The van der Waals surface area contributed by atoms with E-state index in [0.29, 0.717) is 6.08 Å². The number of carbonyl (C=O) groups is 1. The number of carbonyl (C=O) groups excluding carboxylic acids is 1. The van der Waals surface area contributed by atoms with Crippen molar-refractivity contribution in [3.63, 3.8) is 0 Å². The molecule has 0 aromatic heterocycles. The Balaban J connectivity index is 4.73. The summed E-state index contributed by atoms with van der Waals surface area (Å²) in [4.78, 5) is 11.3. The van der Waals surface area contributed by atoms with Gasteiger partial charge in [-0.2, -0.15) is 13.2 Å². The minimum absolute atomic E-state index is 0.157. The van der Waals surface area contributed by atoms with E-state index in [0.717, 1.165) is 6.26 Å². The van der Waals surface area contributed by atoms with Crippen LogP contribution in [-0.4, -0.2) is 41.7 Å². The van der Waals surface area contributed by atoms with E-state index in [1.807, 2.05) is 5.32 Å². The van der Waals surface area contributed by atoms with Crippen molar-refractivity contribution >= 4 is 6.09 Å². The quantitative estimate of drug-likeness (QED) is 0.765. The second-order valence-electron chi connectivity index (χ2n) is 5.04. The highest BCUT2D eigenvalue weighted by atomic mass is 19.4. The molecule has 0 aliphatic rings. The number of rotatable bonds is 5. The topological polar surface area (TPSA) is 67.8 Å². The minimum Gasteiger partial charge on any atom is -0.502 e. The summed E-state index contributed by atoms with van der Waals surface area (Å²) >= 11 is 0. The molecule has 0 saturated carbocycles.